The number of nitrogens with zero attached hydrogens (tertiary/aromatic N) is 1. The average molecular weight is 357 g/mol. The van der Waals surface area contributed by atoms with E-state index in [4.69, 9.17) is 0 Å². The summed E-state index contributed by atoms with van der Waals surface area (Å²) in [5.41, 5.74) is 1.18. The van der Waals surface area contributed by atoms with Crippen molar-refractivity contribution in [3.05, 3.63) is 0 Å². The Labute approximate surface area is 141 Å². The first-order valence-electron chi connectivity index (χ1n) is 8.81. The standard InChI is InChI=1S/C17H29NO3P2/c1-10-6-7-11(2)22(10)14-15(19)18(5)16(20)17(14,21)23-12(3)8-9-13(23)4/h10-14,21H,6-9H2,1-5H3/t10?,11?,12?,13?,14-,17+,22?,23?/m0/s1. The van der Waals surface area contributed by atoms with Crippen molar-refractivity contribution < 1.29 is 14.7 Å². The molecular formula is C17H29NO3P2. The average Bonchev–Trinajstić information content (AvgIpc) is 3.05. The van der Waals surface area contributed by atoms with Crippen LogP contribution >= 0.6 is 15.8 Å². The SMILES string of the molecule is CC1CCC(C)P1[C@H]1C(=O)N(C)C(=O)[C@]1(O)P1C(C)CCC1C. The molecule has 0 aromatic carbocycles. The molecule has 3 rings (SSSR count). The molecule has 0 saturated carbocycles. The third-order valence-electron chi connectivity index (χ3n) is 6.23. The highest BCUT2D eigenvalue weighted by atomic mass is 31.1. The molecule has 2 amide bonds. The highest BCUT2D eigenvalue weighted by Crippen LogP contribution is 2.73. The van der Waals surface area contributed by atoms with Gasteiger partial charge in [0.25, 0.3) is 5.91 Å². The first-order valence-corrected chi connectivity index (χ1v) is 11.8. The minimum Gasteiger partial charge on any atom is -0.374 e. The van der Waals surface area contributed by atoms with Crippen molar-refractivity contribution in [2.45, 2.75) is 87.0 Å². The molecule has 0 aromatic heterocycles. The normalized spacial score (nSPS) is 51.0. The maximum Gasteiger partial charge on any atom is 0.266 e. The molecule has 6 heteroatoms. The number of amides is 2. The van der Waals surface area contributed by atoms with E-state index in [9.17, 15) is 14.7 Å². The number of hydrogen-bond donors (Lipinski definition) is 1. The zero-order chi connectivity index (χ0) is 17.1. The van der Waals surface area contributed by atoms with Crippen molar-refractivity contribution in [2.24, 2.45) is 0 Å². The Morgan fingerprint density at radius 2 is 1.39 bits per heavy atom. The van der Waals surface area contributed by atoms with Gasteiger partial charge in [-0.05, 0) is 48.3 Å². The highest BCUT2D eigenvalue weighted by Gasteiger charge is 2.67. The van der Waals surface area contributed by atoms with Gasteiger partial charge in [-0.3, -0.25) is 14.5 Å². The van der Waals surface area contributed by atoms with Crippen LogP contribution in [0.4, 0.5) is 0 Å². The summed E-state index contributed by atoms with van der Waals surface area (Å²) in [6.45, 7) is 8.74. The van der Waals surface area contributed by atoms with Gasteiger partial charge in [-0.1, -0.05) is 43.5 Å². The molecule has 6 atom stereocenters. The lowest BCUT2D eigenvalue weighted by atomic mass is 10.2. The van der Waals surface area contributed by atoms with Gasteiger partial charge in [0.1, 0.15) is 5.66 Å². The molecule has 23 heavy (non-hydrogen) atoms. The van der Waals surface area contributed by atoms with E-state index >= 15 is 0 Å². The second kappa shape index (κ2) is 6.04. The Morgan fingerprint density at radius 1 is 0.957 bits per heavy atom. The van der Waals surface area contributed by atoms with Gasteiger partial charge >= 0.3 is 0 Å². The van der Waals surface area contributed by atoms with Crippen molar-refractivity contribution in [3.8, 4) is 0 Å². The van der Waals surface area contributed by atoms with Gasteiger partial charge in [0.05, 0.1) is 0 Å². The zero-order valence-electron chi connectivity index (χ0n) is 14.8. The molecule has 0 radical (unpaired) electrons. The fourth-order valence-corrected chi connectivity index (χ4v) is 13.4. The molecule has 0 bridgehead atoms. The number of aliphatic hydroxyl groups is 1. The van der Waals surface area contributed by atoms with Crippen molar-refractivity contribution in [1.82, 2.24) is 4.90 Å². The lowest BCUT2D eigenvalue weighted by molar-refractivity contribution is -0.140. The Kier molecular flexibility index (Phi) is 4.67. The van der Waals surface area contributed by atoms with Gasteiger partial charge in [-0.15, -0.1) is 0 Å². The van der Waals surface area contributed by atoms with Crippen LogP contribution in [0.5, 0.6) is 0 Å². The lowest BCUT2D eigenvalue weighted by Crippen LogP contribution is -2.46. The second-order valence-corrected chi connectivity index (χ2v) is 14.2. The van der Waals surface area contributed by atoms with Crippen LogP contribution in [-0.4, -0.2) is 62.5 Å². The van der Waals surface area contributed by atoms with E-state index < -0.39 is 26.8 Å². The molecule has 3 aliphatic heterocycles. The monoisotopic (exact) mass is 357 g/mol. The fraction of sp³-hybridized carbons (Fsp3) is 0.882. The summed E-state index contributed by atoms with van der Waals surface area (Å²) < 4.78 is 0. The minimum absolute atomic E-state index is 0.113. The number of carbonyl (C=O) groups excluding carboxylic acids is 2. The van der Waals surface area contributed by atoms with Gasteiger partial charge in [-0.25, -0.2) is 0 Å². The van der Waals surface area contributed by atoms with Crippen LogP contribution in [0.2, 0.25) is 0 Å². The predicted octanol–water partition coefficient (Wildman–Crippen LogP) is 3.15. The smallest absolute Gasteiger partial charge is 0.266 e. The molecule has 3 fully saturated rings. The third-order valence-corrected chi connectivity index (χ3v) is 13.8. The van der Waals surface area contributed by atoms with Crippen LogP contribution in [0.1, 0.15) is 53.4 Å². The van der Waals surface area contributed by atoms with Crippen LogP contribution in [0, 0.1) is 0 Å². The van der Waals surface area contributed by atoms with E-state index in [1.165, 1.54) is 4.90 Å². The van der Waals surface area contributed by atoms with E-state index in [0.717, 1.165) is 25.7 Å². The van der Waals surface area contributed by atoms with E-state index in [-0.39, 0.29) is 11.8 Å². The molecule has 3 aliphatic rings. The molecular weight excluding hydrogens is 328 g/mol. The van der Waals surface area contributed by atoms with Crippen LogP contribution in [0.15, 0.2) is 0 Å². The van der Waals surface area contributed by atoms with Crippen molar-refractivity contribution in [3.63, 3.8) is 0 Å². The molecule has 3 heterocycles. The number of carbonyl (C=O) groups is 2. The molecule has 0 aliphatic carbocycles. The molecule has 1 N–H and O–H groups in total. The summed E-state index contributed by atoms with van der Waals surface area (Å²) in [5, 5.41) is 10.3. The molecule has 3 saturated heterocycles. The summed E-state index contributed by atoms with van der Waals surface area (Å²) in [7, 11) is 0.0402. The molecule has 0 aromatic rings. The summed E-state index contributed by atoms with van der Waals surface area (Å²) in [5.74, 6) is -0.425. The van der Waals surface area contributed by atoms with Crippen molar-refractivity contribution in [2.75, 3.05) is 7.05 Å². The van der Waals surface area contributed by atoms with Gasteiger partial charge in [-0.2, -0.15) is 0 Å². The van der Waals surface area contributed by atoms with Crippen molar-refractivity contribution in [1.29, 1.82) is 0 Å². The maximum atomic E-state index is 13.0. The number of hydrogen-bond acceptors (Lipinski definition) is 3. The van der Waals surface area contributed by atoms with Gasteiger partial charge in [0.2, 0.25) is 5.91 Å². The molecule has 130 valence electrons. The van der Waals surface area contributed by atoms with Gasteiger partial charge in [0.15, 0.2) is 5.34 Å². The Morgan fingerprint density at radius 3 is 1.87 bits per heavy atom. The molecule has 4 unspecified atom stereocenters. The van der Waals surface area contributed by atoms with Crippen LogP contribution in [0.25, 0.3) is 0 Å². The Balaban J connectivity index is 2.07. The van der Waals surface area contributed by atoms with Crippen LogP contribution in [0.3, 0.4) is 0 Å². The summed E-state index contributed by atoms with van der Waals surface area (Å²) in [6, 6.07) is 0. The van der Waals surface area contributed by atoms with Crippen LogP contribution < -0.4 is 0 Å². The number of imide groups is 1. The second-order valence-electron chi connectivity index (χ2n) is 7.74. The topological polar surface area (TPSA) is 57.6 Å². The van der Waals surface area contributed by atoms with Crippen molar-refractivity contribution >= 4 is 27.7 Å². The first-order chi connectivity index (χ1) is 10.7. The summed E-state index contributed by atoms with van der Waals surface area (Å²) in [4.78, 5) is 27.2. The van der Waals surface area contributed by atoms with Crippen LogP contribution in [-0.2, 0) is 9.59 Å². The molecule has 4 nitrogen and oxygen atoms in total. The first kappa shape index (κ1) is 17.8. The van der Waals surface area contributed by atoms with E-state index in [1.54, 1.807) is 7.05 Å². The summed E-state index contributed by atoms with van der Waals surface area (Å²) in [6.07, 6.45) is 4.37. The summed E-state index contributed by atoms with van der Waals surface area (Å²) >= 11 is 0. The van der Waals surface area contributed by atoms with Gasteiger partial charge < -0.3 is 5.11 Å². The van der Waals surface area contributed by atoms with E-state index in [2.05, 4.69) is 27.7 Å². The Bertz CT molecular complexity index is 508. The lowest BCUT2D eigenvalue weighted by Gasteiger charge is -2.41. The number of rotatable bonds is 2. The fourth-order valence-electron chi connectivity index (χ4n) is 5.00. The zero-order valence-corrected chi connectivity index (χ0v) is 16.6. The van der Waals surface area contributed by atoms with E-state index in [1.807, 2.05) is 0 Å². The molecule has 0 spiro atoms. The number of likely N-dealkylation sites (tertiary alicyclic amines) is 1. The maximum absolute atomic E-state index is 13.0. The van der Waals surface area contributed by atoms with E-state index in [0.29, 0.717) is 22.6 Å². The quantitative estimate of drug-likeness (QED) is 0.610. The Hall–Kier alpha value is -0.0400. The van der Waals surface area contributed by atoms with Gasteiger partial charge in [0, 0.05) is 7.05 Å². The number of likely N-dealkylation sites (N-methyl/N-ethyl adjacent to an activating group) is 1. The predicted molar refractivity (Wildman–Crippen MR) is 96.7 cm³/mol. The minimum atomic E-state index is -1.41. The largest absolute Gasteiger partial charge is 0.374 e. The highest BCUT2D eigenvalue weighted by molar-refractivity contribution is 7.66. The third kappa shape index (κ3) is 2.43.